The minimum atomic E-state index is -0.215. The SMILES string of the molecule is CC(c1ccccc1)[C@@H]1C(=O)OC[C@H]1CO. The Bertz CT molecular complexity index is 361. The number of carbonyl (C=O) groups is 1. The van der Waals surface area contributed by atoms with Crippen LogP contribution in [0.1, 0.15) is 18.4 Å². The molecule has 16 heavy (non-hydrogen) atoms. The van der Waals surface area contributed by atoms with Crippen molar-refractivity contribution < 1.29 is 14.6 Å². The second kappa shape index (κ2) is 4.66. The Kier molecular flexibility index (Phi) is 3.25. The Hall–Kier alpha value is -1.35. The molecule has 0 radical (unpaired) electrons. The molecule has 1 fully saturated rings. The van der Waals surface area contributed by atoms with Crippen molar-refractivity contribution in [2.24, 2.45) is 11.8 Å². The Balaban J connectivity index is 2.20. The topological polar surface area (TPSA) is 46.5 Å². The fourth-order valence-electron chi connectivity index (χ4n) is 2.32. The molecular weight excluding hydrogens is 204 g/mol. The summed E-state index contributed by atoms with van der Waals surface area (Å²) >= 11 is 0. The molecule has 86 valence electrons. The van der Waals surface area contributed by atoms with Gasteiger partial charge in [0.25, 0.3) is 0 Å². The molecule has 1 saturated heterocycles. The van der Waals surface area contributed by atoms with E-state index in [0.717, 1.165) is 5.56 Å². The van der Waals surface area contributed by atoms with Crippen LogP contribution in [0.15, 0.2) is 30.3 Å². The molecule has 3 nitrogen and oxygen atoms in total. The summed E-state index contributed by atoms with van der Waals surface area (Å²) < 4.78 is 5.01. The van der Waals surface area contributed by atoms with Crippen LogP contribution in [0.4, 0.5) is 0 Å². The number of benzene rings is 1. The number of hydrogen-bond acceptors (Lipinski definition) is 3. The van der Waals surface area contributed by atoms with E-state index in [0.29, 0.717) is 6.61 Å². The number of esters is 1. The van der Waals surface area contributed by atoms with E-state index in [9.17, 15) is 9.90 Å². The first-order valence-corrected chi connectivity index (χ1v) is 5.56. The largest absolute Gasteiger partial charge is 0.465 e. The van der Waals surface area contributed by atoms with Crippen LogP contribution in [0.5, 0.6) is 0 Å². The van der Waals surface area contributed by atoms with Gasteiger partial charge in [-0.1, -0.05) is 37.3 Å². The first kappa shape index (κ1) is 11.1. The van der Waals surface area contributed by atoms with E-state index in [1.807, 2.05) is 37.3 Å². The van der Waals surface area contributed by atoms with E-state index in [1.54, 1.807) is 0 Å². The lowest BCUT2D eigenvalue weighted by molar-refractivity contribution is -0.141. The van der Waals surface area contributed by atoms with Gasteiger partial charge in [-0.25, -0.2) is 0 Å². The number of aliphatic hydroxyl groups excluding tert-OH is 1. The van der Waals surface area contributed by atoms with E-state index in [-0.39, 0.29) is 30.3 Å². The summed E-state index contributed by atoms with van der Waals surface area (Å²) in [6.07, 6.45) is 0. The lowest BCUT2D eigenvalue weighted by Crippen LogP contribution is -2.24. The van der Waals surface area contributed by atoms with E-state index < -0.39 is 0 Å². The summed E-state index contributed by atoms with van der Waals surface area (Å²) in [4.78, 5) is 11.6. The van der Waals surface area contributed by atoms with Crippen molar-refractivity contribution in [3.05, 3.63) is 35.9 Å². The summed E-state index contributed by atoms with van der Waals surface area (Å²) in [6, 6.07) is 9.88. The maximum absolute atomic E-state index is 11.6. The zero-order chi connectivity index (χ0) is 11.5. The molecule has 0 bridgehead atoms. The quantitative estimate of drug-likeness (QED) is 0.786. The highest BCUT2D eigenvalue weighted by atomic mass is 16.5. The molecule has 1 N–H and O–H groups in total. The van der Waals surface area contributed by atoms with Gasteiger partial charge < -0.3 is 9.84 Å². The second-order valence-corrected chi connectivity index (χ2v) is 4.30. The Morgan fingerprint density at radius 3 is 2.75 bits per heavy atom. The molecule has 1 aromatic rings. The molecule has 1 aromatic carbocycles. The van der Waals surface area contributed by atoms with Crippen LogP contribution < -0.4 is 0 Å². The lowest BCUT2D eigenvalue weighted by Gasteiger charge is -2.20. The smallest absolute Gasteiger partial charge is 0.310 e. The van der Waals surface area contributed by atoms with Crippen LogP contribution in [0.25, 0.3) is 0 Å². The van der Waals surface area contributed by atoms with Gasteiger partial charge in [0.15, 0.2) is 0 Å². The van der Waals surface area contributed by atoms with Crippen molar-refractivity contribution in [1.29, 1.82) is 0 Å². The molecule has 0 spiro atoms. The highest BCUT2D eigenvalue weighted by Gasteiger charge is 2.40. The van der Waals surface area contributed by atoms with Crippen LogP contribution in [-0.2, 0) is 9.53 Å². The van der Waals surface area contributed by atoms with Crippen molar-refractivity contribution >= 4 is 5.97 Å². The maximum Gasteiger partial charge on any atom is 0.310 e. The average Bonchev–Trinajstić information content (AvgIpc) is 2.70. The van der Waals surface area contributed by atoms with Gasteiger partial charge in [0.1, 0.15) is 0 Å². The van der Waals surface area contributed by atoms with Crippen LogP contribution >= 0.6 is 0 Å². The van der Waals surface area contributed by atoms with Gasteiger partial charge >= 0.3 is 5.97 Å². The Labute approximate surface area is 95.0 Å². The normalized spacial score (nSPS) is 26.5. The third kappa shape index (κ3) is 1.95. The molecule has 0 aliphatic carbocycles. The molecule has 3 heteroatoms. The first-order chi connectivity index (χ1) is 7.74. The molecule has 0 aromatic heterocycles. The van der Waals surface area contributed by atoms with Crippen LogP contribution in [-0.4, -0.2) is 24.3 Å². The molecular formula is C13H16O3. The van der Waals surface area contributed by atoms with E-state index in [4.69, 9.17) is 4.74 Å². The summed E-state index contributed by atoms with van der Waals surface area (Å²) in [5, 5.41) is 9.22. The predicted octanol–water partition coefficient (Wildman–Crippen LogP) is 1.57. The molecule has 2 rings (SSSR count). The number of cyclic esters (lactones) is 1. The first-order valence-electron chi connectivity index (χ1n) is 5.56. The summed E-state index contributed by atoms with van der Waals surface area (Å²) in [5.41, 5.74) is 1.12. The maximum atomic E-state index is 11.6. The third-order valence-electron chi connectivity index (χ3n) is 3.32. The standard InChI is InChI=1S/C13H16O3/c1-9(10-5-3-2-4-6-10)12-11(7-14)8-16-13(12)15/h2-6,9,11-12,14H,7-8H2,1H3/t9?,11-,12+/m1/s1. The van der Waals surface area contributed by atoms with Crippen molar-refractivity contribution in [3.8, 4) is 0 Å². The van der Waals surface area contributed by atoms with Gasteiger partial charge in [0.2, 0.25) is 0 Å². The van der Waals surface area contributed by atoms with Crippen molar-refractivity contribution in [2.75, 3.05) is 13.2 Å². The third-order valence-corrected chi connectivity index (χ3v) is 3.32. The molecule has 1 unspecified atom stereocenters. The van der Waals surface area contributed by atoms with Crippen LogP contribution in [0.3, 0.4) is 0 Å². The van der Waals surface area contributed by atoms with Gasteiger partial charge in [-0.05, 0) is 11.5 Å². The lowest BCUT2D eigenvalue weighted by atomic mass is 9.81. The van der Waals surface area contributed by atoms with E-state index >= 15 is 0 Å². The van der Waals surface area contributed by atoms with Gasteiger partial charge in [0, 0.05) is 12.5 Å². The highest BCUT2D eigenvalue weighted by Crippen LogP contribution is 2.34. The van der Waals surface area contributed by atoms with Gasteiger partial charge in [-0.3, -0.25) is 4.79 Å². The van der Waals surface area contributed by atoms with E-state index in [1.165, 1.54) is 0 Å². The van der Waals surface area contributed by atoms with Crippen LogP contribution in [0, 0.1) is 11.8 Å². The van der Waals surface area contributed by atoms with Crippen molar-refractivity contribution in [3.63, 3.8) is 0 Å². The summed E-state index contributed by atoms with van der Waals surface area (Å²) in [7, 11) is 0. The molecule has 1 heterocycles. The number of hydrogen-bond donors (Lipinski definition) is 1. The van der Waals surface area contributed by atoms with Crippen molar-refractivity contribution in [1.82, 2.24) is 0 Å². The number of ether oxygens (including phenoxy) is 1. The summed E-state index contributed by atoms with van der Waals surface area (Å²) in [5.74, 6) is -0.376. The molecule has 1 aliphatic heterocycles. The van der Waals surface area contributed by atoms with Gasteiger partial charge in [-0.15, -0.1) is 0 Å². The zero-order valence-electron chi connectivity index (χ0n) is 9.30. The fraction of sp³-hybridized carbons (Fsp3) is 0.462. The fourth-order valence-corrected chi connectivity index (χ4v) is 2.32. The van der Waals surface area contributed by atoms with Crippen molar-refractivity contribution in [2.45, 2.75) is 12.8 Å². The Morgan fingerprint density at radius 1 is 1.44 bits per heavy atom. The van der Waals surface area contributed by atoms with Gasteiger partial charge in [-0.2, -0.15) is 0 Å². The summed E-state index contributed by atoms with van der Waals surface area (Å²) in [6.45, 7) is 2.36. The zero-order valence-corrected chi connectivity index (χ0v) is 9.30. The molecule has 1 aliphatic rings. The molecule has 3 atom stereocenters. The van der Waals surface area contributed by atoms with Crippen LogP contribution in [0.2, 0.25) is 0 Å². The Morgan fingerprint density at radius 2 is 2.12 bits per heavy atom. The number of carbonyl (C=O) groups excluding carboxylic acids is 1. The monoisotopic (exact) mass is 220 g/mol. The number of rotatable bonds is 3. The van der Waals surface area contributed by atoms with E-state index in [2.05, 4.69) is 0 Å². The predicted molar refractivity (Wildman–Crippen MR) is 59.9 cm³/mol. The highest BCUT2D eigenvalue weighted by molar-refractivity contribution is 5.76. The van der Waals surface area contributed by atoms with Gasteiger partial charge in [0.05, 0.1) is 12.5 Å². The molecule has 0 amide bonds. The average molecular weight is 220 g/mol. The second-order valence-electron chi connectivity index (χ2n) is 4.30. The minimum absolute atomic E-state index is 0.00752. The molecule has 0 saturated carbocycles. The minimum Gasteiger partial charge on any atom is -0.465 e. The number of aliphatic hydroxyl groups is 1.